The van der Waals surface area contributed by atoms with Crippen molar-refractivity contribution >= 4 is 50.6 Å². The Morgan fingerprint density at radius 1 is 0.434 bits per heavy atom. The number of benzene rings is 8. The van der Waals surface area contributed by atoms with Gasteiger partial charge in [-0.1, -0.05) is 170 Å². The highest BCUT2D eigenvalue weighted by Gasteiger charge is 2.18. The lowest BCUT2D eigenvalue weighted by Gasteiger charge is -2.25. The van der Waals surface area contributed by atoms with E-state index in [2.05, 4.69) is 217 Å². The van der Waals surface area contributed by atoms with Gasteiger partial charge in [0.05, 0.1) is 0 Å². The van der Waals surface area contributed by atoms with Gasteiger partial charge in [-0.2, -0.15) is 0 Å². The van der Waals surface area contributed by atoms with Gasteiger partial charge in [-0.15, -0.1) is 0 Å². The van der Waals surface area contributed by atoms with E-state index in [-0.39, 0.29) is 0 Å². The number of para-hydroxylation sites is 2. The summed E-state index contributed by atoms with van der Waals surface area (Å²) in [4.78, 5) is 2.29. The first-order valence-corrected chi connectivity index (χ1v) is 18.1. The number of hydrogen-bond donors (Lipinski definition) is 0. The normalized spacial score (nSPS) is 11.6. The molecule has 0 amide bonds. The molecule has 0 radical (unpaired) electrons. The Morgan fingerprint density at radius 2 is 0.962 bits per heavy atom. The number of rotatable bonds is 9. The summed E-state index contributed by atoms with van der Waals surface area (Å²) in [5.74, 6) is 0. The first-order valence-electron chi connectivity index (χ1n) is 18.1. The molecule has 53 heavy (non-hydrogen) atoms. The molecule has 0 spiro atoms. The van der Waals surface area contributed by atoms with Crippen LogP contribution in [0.25, 0.3) is 55.8 Å². The van der Waals surface area contributed by atoms with Gasteiger partial charge in [0.2, 0.25) is 0 Å². The van der Waals surface area contributed by atoms with Gasteiger partial charge in [0, 0.05) is 39.5 Å². The molecule has 1 heterocycles. The van der Waals surface area contributed by atoms with Crippen molar-refractivity contribution in [1.29, 1.82) is 0 Å². The Labute approximate surface area is 310 Å². The molecular weight excluding hydrogens is 643 g/mol. The summed E-state index contributed by atoms with van der Waals surface area (Å²) in [6.07, 6.45) is 3.09. The molecule has 9 rings (SSSR count). The first-order chi connectivity index (χ1) is 26.3. The van der Waals surface area contributed by atoms with E-state index in [9.17, 15) is 0 Å². The van der Waals surface area contributed by atoms with Gasteiger partial charge in [0.25, 0.3) is 0 Å². The molecule has 0 atom stereocenters. The van der Waals surface area contributed by atoms with Crippen LogP contribution in [0.4, 0.5) is 17.1 Å². The monoisotopic (exact) mass is 679 g/mol. The third-order valence-electron chi connectivity index (χ3n) is 9.93. The van der Waals surface area contributed by atoms with Crippen molar-refractivity contribution in [2.45, 2.75) is 6.42 Å². The Morgan fingerprint density at radius 3 is 1.60 bits per heavy atom. The molecular formula is C51H37NO. The van der Waals surface area contributed by atoms with Crippen molar-refractivity contribution in [3.05, 3.63) is 223 Å². The zero-order chi connectivity index (χ0) is 35.4. The molecule has 0 saturated carbocycles. The predicted molar refractivity (Wildman–Crippen MR) is 224 cm³/mol. The van der Waals surface area contributed by atoms with Crippen molar-refractivity contribution in [2.24, 2.45) is 0 Å². The van der Waals surface area contributed by atoms with Crippen LogP contribution in [0.15, 0.2) is 211 Å². The molecule has 0 bridgehead atoms. The van der Waals surface area contributed by atoms with Gasteiger partial charge < -0.3 is 9.32 Å². The van der Waals surface area contributed by atoms with Crippen LogP contribution in [-0.4, -0.2) is 0 Å². The quantitative estimate of drug-likeness (QED) is 0.141. The summed E-state index contributed by atoms with van der Waals surface area (Å²) in [5.41, 5.74) is 14.5. The molecule has 2 heteroatoms. The van der Waals surface area contributed by atoms with E-state index >= 15 is 0 Å². The highest BCUT2D eigenvalue weighted by molar-refractivity contribution is 6.10. The van der Waals surface area contributed by atoms with E-state index in [1.807, 2.05) is 0 Å². The van der Waals surface area contributed by atoms with Crippen LogP contribution in [0.1, 0.15) is 16.7 Å². The average Bonchev–Trinajstić information content (AvgIpc) is 3.61. The van der Waals surface area contributed by atoms with Crippen molar-refractivity contribution < 1.29 is 4.42 Å². The number of fused-ring (bicyclic) bond motifs is 3. The number of furan rings is 1. The standard InChI is InChI=1S/C51H37NO/c1-5-14-37(15-6-1)34-43(35-38-24-26-41(27-25-38)39-16-7-2-8-17-39)47-22-13-23-49-48-33-32-46(36-50(48)53-51(47)49)52(44-20-11-4-12-21-44)45-30-28-42(29-31-45)40-18-9-3-10-19-40/h1-33,35-36H,34H2/b43-35-. The van der Waals surface area contributed by atoms with Crippen molar-refractivity contribution in [3.63, 3.8) is 0 Å². The van der Waals surface area contributed by atoms with Gasteiger partial charge in [-0.05, 0) is 81.8 Å². The summed E-state index contributed by atoms with van der Waals surface area (Å²) in [5, 5.41) is 2.21. The fourth-order valence-corrected chi connectivity index (χ4v) is 7.28. The molecule has 9 aromatic rings. The molecule has 0 aliphatic rings. The summed E-state index contributed by atoms with van der Waals surface area (Å²) >= 11 is 0. The second-order valence-electron chi connectivity index (χ2n) is 13.4. The Bertz CT molecular complexity index is 2640. The number of allylic oxidation sites excluding steroid dienone is 1. The van der Waals surface area contributed by atoms with Crippen molar-refractivity contribution in [3.8, 4) is 22.3 Å². The lowest BCUT2D eigenvalue weighted by Crippen LogP contribution is -2.09. The van der Waals surface area contributed by atoms with Crippen molar-refractivity contribution in [2.75, 3.05) is 4.90 Å². The average molecular weight is 680 g/mol. The third-order valence-corrected chi connectivity index (χ3v) is 9.93. The van der Waals surface area contributed by atoms with E-state index in [0.717, 1.165) is 56.5 Å². The van der Waals surface area contributed by atoms with E-state index in [0.29, 0.717) is 0 Å². The maximum atomic E-state index is 6.89. The number of anilines is 3. The van der Waals surface area contributed by atoms with E-state index in [4.69, 9.17) is 4.42 Å². The van der Waals surface area contributed by atoms with Crippen LogP contribution < -0.4 is 4.90 Å². The van der Waals surface area contributed by atoms with E-state index < -0.39 is 0 Å². The van der Waals surface area contributed by atoms with Crippen LogP contribution in [0.2, 0.25) is 0 Å². The van der Waals surface area contributed by atoms with Gasteiger partial charge in [-0.25, -0.2) is 0 Å². The molecule has 0 N–H and O–H groups in total. The van der Waals surface area contributed by atoms with Gasteiger partial charge >= 0.3 is 0 Å². The van der Waals surface area contributed by atoms with Crippen molar-refractivity contribution in [1.82, 2.24) is 0 Å². The largest absolute Gasteiger partial charge is 0.455 e. The Kier molecular flexibility index (Phi) is 8.69. The van der Waals surface area contributed by atoms with E-state index in [1.165, 1.54) is 33.4 Å². The predicted octanol–water partition coefficient (Wildman–Crippen LogP) is 14.2. The zero-order valence-electron chi connectivity index (χ0n) is 29.3. The van der Waals surface area contributed by atoms with Crippen LogP contribution in [0, 0.1) is 0 Å². The summed E-state index contributed by atoms with van der Waals surface area (Å²) in [6.45, 7) is 0. The van der Waals surface area contributed by atoms with Gasteiger partial charge in [-0.3, -0.25) is 0 Å². The number of hydrogen-bond acceptors (Lipinski definition) is 2. The molecule has 0 unspecified atom stereocenters. The third kappa shape index (κ3) is 6.67. The highest BCUT2D eigenvalue weighted by Crippen LogP contribution is 2.41. The fraction of sp³-hybridized carbons (Fsp3) is 0.0196. The lowest BCUT2D eigenvalue weighted by molar-refractivity contribution is 0.667. The molecule has 8 aromatic carbocycles. The molecule has 0 aliphatic carbocycles. The Balaban J connectivity index is 1.13. The Hall–Kier alpha value is -6.90. The SMILES string of the molecule is C(=C(\Cc1ccccc1)c1cccc2c1oc1cc(N(c3ccccc3)c3ccc(-c4ccccc4)cc3)ccc12)/c1ccc(-c2ccccc2)cc1. The molecule has 0 fully saturated rings. The maximum absolute atomic E-state index is 6.89. The lowest BCUT2D eigenvalue weighted by atomic mass is 9.94. The minimum Gasteiger partial charge on any atom is -0.455 e. The maximum Gasteiger partial charge on any atom is 0.142 e. The fourth-order valence-electron chi connectivity index (χ4n) is 7.28. The summed E-state index contributed by atoms with van der Waals surface area (Å²) < 4.78 is 6.89. The second kappa shape index (κ2) is 14.4. The summed E-state index contributed by atoms with van der Waals surface area (Å²) in [7, 11) is 0. The summed E-state index contributed by atoms with van der Waals surface area (Å²) in [6, 6.07) is 73.0. The number of nitrogens with zero attached hydrogens (tertiary/aromatic N) is 1. The molecule has 0 aliphatic heterocycles. The van der Waals surface area contributed by atoms with Crippen LogP contribution >= 0.6 is 0 Å². The highest BCUT2D eigenvalue weighted by atomic mass is 16.3. The van der Waals surface area contributed by atoms with Crippen LogP contribution in [0.3, 0.4) is 0 Å². The smallest absolute Gasteiger partial charge is 0.142 e. The second-order valence-corrected chi connectivity index (χ2v) is 13.4. The minimum absolute atomic E-state index is 0.781. The molecule has 252 valence electrons. The van der Waals surface area contributed by atoms with Crippen LogP contribution in [-0.2, 0) is 6.42 Å². The topological polar surface area (TPSA) is 16.4 Å². The molecule has 1 aromatic heterocycles. The zero-order valence-corrected chi connectivity index (χ0v) is 29.3. The van der Waals surface area contributed by atoms with Gasteiger partial charge in [0.15, 0.2) is 0 Å². The molecule has 0 saturated heterocycles. The van der Waals surface area contributed by atoms with Gasteiger partial charge in [0.1, 0.15) is 11.2 Å². The van der Waals surface area contributed by atoms with E-state index in [1.54, 1.807) is 0 Å². The van der Waals surface area contributed by atoms with Crippen LogP contribution in [0.5, 0.6) is 0 Å². The molecule has 2 nitrogen and oxygen atoms in total. The minimum atomic E-state index is 0.781. The first kappa shape index (κ1) is 32.0.